The van der Waals surface area contributed by atoms with E-state index in [4.69, 9.17) is 9.79 Å². The Hall–Kier alpha value is -0.240. The Morgan fingerprint density at radius 1 is 0.854 bits per heavy atom. The molecule has 244 valence electrons. The van der Waals surface area contributed by atoms with Crippen LogP contribution in [0.4, 0.5) is 0 Å². The number of unbranched alkanes of at least 4 members (excludes halogenated alkanes) is 10. The molecule has 0 radical (unpaired) electrons. The Bertz CT molecular complexity index is 677. The van der Waals surface area contributed by atoms with Crippen LogP contribution in [-0.2, 0) is 26.1 Å². The van der Waals surface area contributed by atoms with Gasteiger partial charge >= 0.3 is 11.9 Å². The molecule has 0 aromatic heterocycles. The van der Waals surface area contributed by atoms with E-state index >= 15 is 0 Å². The Morgan fingerprint density at radius 2 is 1.29 bits per heavy atom. The number of nitrogens with one attached hydrogen (secondary N) is 1. The Morgan fingerprint density at radius 3 is 1.68 bits per heavy atom. The lowest BCUT2D eigenvalue weighted by atomic mass is 9.97. The van der Waals surface area contributed by atoms with Gasteiger partial charge in [-0.3, -0.25) is 9.59 Å². The number of ether oxygens (including phenoxy) is 1. The van der Waals surface area contributed by atoms with Crippen molar-refractivity contribution in [2.24, 2.45) is 17.8 Å². The van der Waals surface area contributed by atoms with E-state index in [2.05, 4.69) is 68.7 Å². The number of cyclic esters (lactones) is 2. The first-order valence-corrected chi connectivity index (χ1v) is 20.3. The Kier molecular flexibility index (Phi) is 31.2. The van der Waals surface area contributed by atoms with Crippen LogP contribution >= 0.6 is 17.9 Å². The first kappa shape index (κ1) is 42.9. The van der Waals surface area contributed by atoms with Crippen molar-refractivity contribution >= 4 is 41.7 Å². The second kappa shape index (κ2) is 29.8. The van der Waals surface area contributed by atoms with Gasteiger partial charge in [-0.05, 0) is 62.4 Å². The molecule has 1 heterocycles. The molecule has 41 heavy (non-hydrogen) atoms. The van der Waals surface area contributed by atoms with Gasteiger partial charge in [-0.15, -0.1) is 0 Å². The lowest BCUT2D eigenvalue weighted by molar-refractivity contribution is -0.152. The smallest absolute Gasteiger partial charge is 0.321 e. The van der Waals surface area contributed by atoms with Gasteiger partial charge in [0.25, 0.3) is 0 Å². The molecule has 1 saturated heterocycles. The van der Waals surface area contributed by atoms with Gasteiger partial charge in [0.2, 0.25) is 5.69 Å². The molecule has 3 N–H and O–H groups in total. The molecule has 0 aliphatic carbocycles. The van der Waals surface area contributed by atoms with E-state index in [1.54, 1.807) is 0 Å². The third kappa shape index (κ3) is 32.5. The fourth-order valence-corrected chi connectivity index (χ4v) is 4.67. The van der Waals surface area contributed by atoms with Crippen molar-refractivity contribution in [2.75, 3.05) is 13.1 Å². The summed E-state index contributed by atoms with van der Waals surface area (Å²) in [6.45, 7) is 13.9. The molecule has 0 amide bonds. The molecule has 0 saturated carbocycles. The average Bonchev–Trinajstić information content (AvgIpc) is 3.24. The van der Waals surface area contributed by atoms with Gasteiger partial charge in [0.15, 0.2) is 0 Å². The van der Waals surface area contributed by atoms with Crippen LogP contribution in [0, 0.1) is 17.8 Å². The van der Waals surface area contributed by atoms with Gasteiger partial charge < -0.3 is 19.8 Å². The van der Waals surface area contributed by atoms with E-state index in [-0.39, 0.29) is 12.3 Å². The summed E-state index contributed by atoms with van der Waals surface area (Å²) in [4.78, 5) is 37.8. The largest absolute Gasteiger partial charge is 0.393 e. The lowest BCUT2D eigenvalue weighted by Gasteiger charge is -2.19. The third-order valence-electron chi connectivity index (χ3n) is 7.45. The molecule has 0 aromatic rings. The van der Waals surface area contributed by atoms with Crippen LogP contribution in [0.2, 0.25) is 0 Å². The van der Waals surface area contributed by atoms with E-state index in [1.165, 1.54) is 116 Å². The molecular formula is C32H64NO5PS2. The molecule has 0 bridgehead atoms. The monoisotopic (exact) mass is 637 g/mol. The predicted octanol–water partition coefficient (Wildman–Crippen LogP) is 9.30. The number of hydrogen-bond acceptors (Lipinski definition) is 5. The minimum atomic E-state index is -3.11. The van der Waals surface area contributed by atoms with Gasteiger partial charge in [0, 0.05) is 0 Å². The normalized spacial score (nSPS) is 16.5. The van der Waals surface area contributed by atoms with Crippen molar-refractivity contribution in [3.05, 3.63) is 12.2 Å². The maximum absolute atomic E-state index is 11.2. The molecule has 3 atom stereocenters. The highest BCUT2D eigenvalue weighted by atomic mass is 32.9. The molecule has 1 rings (SSSR count). The van der Waals surface area contributed by atoms with Crippen LogP contribution in [0.25, 0.3) is 0 Å². The molecule has 0 spiro atoms. The number of rotatable bonds is 22. The van der Waals surface area contributed by atoms with Crippen LogP contribution in [-0.4, -0.2) is 34.8 Å². The summed E-state index contributed by atoms with van der Waals surface area (Å²) in [5, 5.41) is 3.71. The van der Waals surface area contributed by atoms with Crippen molar-refractivity contribution in [3.63, 3.8) is 0 Å². The maximum atomic E-state index is 11.2. The summed E-state index contributed by atoms with van der Waals surface area (Å²) < 4.78 is 4.49. The SMILES string of the molecule is CCCCC(CC)CNCC(CC)CCCC.CCCCCCCCCCC=CC1CC(=O)OC1=O.OP(O)(=S)S. The molecule has 1 fully saturated rings. The zero-order valence-electron chi connectivity index (χ0n) is 27.0. The predicted molar refractivity (Wildman–Crippen MR) is 183 cm³/mol. The maximum Gasteiger partial charge on any atom is 0.321 e. The van der Waals surface area contributed by atoms with Crippen molar-refractivity contribution in [2.45, 2.75) is 150 Å². The Labute approximate surface area is 263 Å². The number of esters is 2. The minimum Gasteiger partial charge on any atom is -0.393 e. The highest BCUT2D eigenvalue weighted by Crippen LogP contribution is 2.39. The van der Waals surface area contributed by atoms with Crippen molar-refractivity contribution in [3.8, 4) is 0 Å². The van der Waals surface area contributed by atoms with Gasteiger partial charge in [0.1, 0.15) is 0 Å². The summed E-state index contributed by atoms with van der Waals surface area (Å²) in [6.07, 6.45) is 26.5. The molecular weight excluding hydrogens is 573 g/mol. The highest BCUT2D eigenvalue weighted by Gasteiger charge is 2.30. The van der Waals surface area contributed by atoms with E-state index in [9.17, 15) is 9.59 Å². The fraction of sp³-hybridized carbons (Fsp3) is 0.875. The molecule has 1 aliphatic heterocycles. The summed E-state index contributed by atoms with van der Waals surface area (Å²) in [5.74, 6) is 0.683. The summed E-state index contributed by atoms with van der Waals surface area (Å²) in [6, 6.07) is 0. The van der Waals surface area contributed by atoms with Gasteiger partial charge in [0.05, 0.1) is 12.3 Å². The summed E-state index contributed by atoms with van der Waals surface area (Å²) in [7, 11) is 0. The van der Waals surface area contributed by atoms with E-state index in [1.807, 2.05) is 12.2 Å². The summed E-state index contributed by atoms with van der Waals surface area (Å²) in [5.41, 5.74) is -3.11. The number of carbonyl (C=O) groups is 2. The van der Waals surface area contributed by atoms with E-state index in [0.717, 1.165) is 18.3 Å². The minimum absolute atomic E-state index is 0.215. The average molecular weight is 638 g/mol. The number of thiol groups is 1. The van der Waals surface area contributed by atoms with Crippen molar-refractivity contribution in [1.82, 2.24) is 5.32 Å². The molecule has 1 aliphatic rings. The molecule has 0 aromatic carbocycles. The molecule has 9 heteroatoms. The Balaban J connectivity index is 0. The quantitative estimate of drug-likeness (QED) is 0.0235. The van der Waals surface area contributed by atoms with Crippen LogP contribution in [0.15, 0.2) is 12.2 Å². The van der Waals surface area contributed by atoms with Gasteiger partial charge in [-0.1, -0.05) is 142 Å². The van der Waals surface area contributed by atoms with Crippen molar-refractivity contribution in [1.29, 1.82) is 0 Å². The second-order valence-electron chi connectivity index (χ2n) is 11.3. The van der Waals surface area contributed by atoms with Crippen LogP contribution in [0.1, 0.15) is 150 Å². The van der Waals surface area contributed by atoms with Gasteiger partial charge in [-0.25, -0.2) is 0 Å². The van der Waals surface area contributed by atoms with Crippen LogP contribution in [0.3, 0.4) is 0 Å². The first-order valence-electron chi connectivity index (χ1n) is 16.4. The number of allylic oxidation sites excluding steroid dienone is 1. The van der Waals surface area contributed by atoms with Crippen molar-refractivity contribution < 1.29 is 24.1 Å². The third-order valence-corrected chi connectivity index (χ3v) is 7.45. The molecule has 6 nitrogen and oxygen atoms in total. The molecule has 3 unspecified atom stereocenters. The number of hydrogen-bond donors (Lipinski definition) is 4. The van der Waals surface area contributed by atoms with E-state index < -0.39 is 17.6 Å². The van der Waals surface area contributed by atoms with Gasteiger partial charge in [-0.2, -0.15) is 0 Å². The van der Waals surface area contributed by atoms with E-state index in [0.29, 0.717) is 0 Å². The highest BCUT2D eigenvalue weighted by molar-refractivity contribution is 8.59. The second-order valence-corrected chi connectivity index (χ2v) is 16.3. The van der Waals surface area contributed by atoms with Crippen LogP contribution < -0.4 is 5.32 Å². The standard InChI is InChI=1S/C16H35N.C16H26O3.H3O2PS2/c1-5-9-11-15(7-3)13-17-14-16(8-4)12-10-6-2;1-2-3-4-5-6-7-8-9-10-11-12-14-13-15(17)19-16(14)18;1-3(2,4)5/h15-17H,5-14H2,1-4H3;11-12,14H,2-10,13H2,1H3;(H3,1,2,4,5). The lowest BCUT2D eigenvalue weighted by Crippen LogP contribution is -2.28. The first-order chi connectivity index (χ1) is 19.5. The summed E-state index contributed by atoms with van der Waals surface area (Å²) >= 11 is 7.07. The zero-order valence-corrected chi connectivity index (χ0v) is 29.6. The number of carbonyl (C=O) groups excluding carboxylic acids is 2. The van der Waals surface area contributed by atoms with Crippen LogP contribution in [0.5, 0.6) is 0 Å². The topological polar surface area (TPSA) is 95.9 Å². The zero-order chi connectivity index (χ0) is 31.4. The fourth-order valence-electron chi connectivity index (χ4n) is 4.67.